The number of halogens is 1. The van der Waals surface area contributed by atoms with Crippen LogP contribution >= 0.6 is 0 Å². The van der Waals surface area contributed by atoms with E-state index >= 15 is 0 Å². The Hall–Kier alpha value is -1.86. The Morgan fingerprint density at radius 2 is 2.36 bits per heavy atom. The highest BCUT2D eigenvalue weighted by molar-refractivity contribution is 5.89. The Morgan fingerprint density at radius 3 is 3.00 bits per heavy atom. The third kappa shape index (κ3) is 3.15. The Morgan fingerprint density at radius 1 is 1.50 bits per heavy atom. The number of amides is 1. The van der Waals surface area contributed by atoms with E-state index in [9.17, 15) is 9.18 Å². The van der Waals surface area contributed by atoms with Crippen molar-refractivity contribution in [2.45, 2.75) is 12.5 Å². The predicted molar refractivity (Wildman–Crippen MR) is 77.6 cm³/mol. The van der Waals surface area contributed by atoms with Gasteiger partial charge in [0.2, 0.25) is 0 Å². The molecule has 0 aliphatic carbocycles. The van der Waals surface area contributed by atoms with Gasteiger partial charge in [0.25, 0.3) is 0 Å². The van der Waals surface area contributed by atoms with Crippen LogP contribution in [0.15, 0.2) is 18.2 Å². The van der Waals surface area contributed by atoms with Gasteiger partial charge in [0, 0.05) is 18.5 Å². The van der Waals surface area contributed by atoms with Crippen LogP contribution in [0.5, 0.6) is 5.75 Å². The lowest BCUT2D eigenvalue weighted by atomic mass is 10.1. The summed E-state index contributed by atoms with van der Waals surface area (Å²) in [7, 11) is 0. The van der Waals surface area contributed by atoms with E-state index in [2.05, 4.69) is 5.32 Å². The molecular formula is C15H19FN2O4. The summed E-state index contributed by atoms with van der Waals surface area (Å²) >= 11 is 0. The van der Waals surface area contributed by atoms with Gasteiger partial charge in [0.1, 0.15) is 6.10 Å². The number of hydrogen-bond donors (Lipinski definition) is 2. The van der Waals surface area contributed by atoms with Crippen molar-refractivity contribution >= 4 is 11.8 Å². The summed E-state index contributed by atoms with van der Waals surface area (Å²) in [6.07, 6.45) is -0.118. The lowest BCUT2D eigenvalue weighted by molar-refractivity contribution is 0.0963. The minimum absolute atomic E-state index is 0.182. The fraction of sp³-hybridized carbons (Fsp3) is 0.533. The summed E-state index contributed by atoms with van der Waals surface area (Å²) in [4.78, 5) is 13.0. The van der Waals surface area contributed by atoms with E-state index in [0.717, 1.165) is 19.5 Å². The van der Waals surface area contributed by atoms with Gasteiger partial charge in [-0.25, -0.2) is 9.18 Å². The zero-order valence-corrected chi connectivity index (χ0v) is 12.1. The molecule has 1 aromatic carbocycles. The smallest absolute Gasteiger partial charge is 0.414 e. The first-order valence-corrected chi connectivity index (χ1v) is 7.39. The van der Waals surface area contributed by atoms with Gasteiger partial charge in [0.15, 0.2) is 11.6 Å². The van der Waals surface area contributed by atoms with Gasteiger partial charge >= 0.3 is 6.09 Å². The number of carbonyl (C=O) groups excluding carboxylic acids is 1. The molecule has 2 N–H and O–H groups in total. The van der Waals surface area contributed by atoms with Crippen molar-refractivity contribution in [3.05, 3.63) is 24.0 Å². The topological polar surface area (TPSA) is 71.0 Å². The van der Waals surface area contributed by atoms with E-state index in [1.165, 1.54) is 17.0 Å². The molecule has 2 aliphatic heterocycles. The quantitative estimate of drug-likeness (QED) is 0.853. The molecule has 0 radical (unpaired) electrons. The summed E-state index contributed by atoms with van der Waals surface area (Å²) in [6, 6.07) is 4.39. The summed E-state index contributed by atoms with van der Waals surface area (Å²) < 4.78 is 24.6. The van der Waals surface area contributed by atoms with E-state index in [-0.39, 0.29) is 18.9 Å². The molecule has 7 heteroatoms. The molecule has 1 unspecified atom stereocenters. The molecule has 2 atom stereocenters. The van der Waals surface area contributed by atoms with Crippen LogP contribution in [0, 0.1) is 11.7 Å². The number of nitrogens with zero attached hydrogens (tertiary/aromatic N) is 1. The standard InChI is InChI=1S/C15H19FN2O4/c16-13-5-11(18-7-12(8-19)22-15(18)20)1-2-14(13)21-9-10-3-4-17-6-10/h1-2,5,10,12,17,19H,3-4,6-9H2/t10?,12-/m1/s1. The second-order valence-corrected chi connectivity index (χ2v) is 5.58. The molecule has 0 saturated carbocycles. The lowest BCUT2D eigenvalue weighted by Crippen LogP contribution is -2.25. The van der Waals surface area contributed by atoms with Crippen molar-refractivity contribution in [3.63, 3.8) is 0 Å². The number of rotatable bonds is 5. The molecule has 0 aromatic heterocycles. The molecule has 0 spiro atoms. The van der Waals surface area contributed by atoms with Crippen LogP contribution < -0.4 is 15.0 Å². The van der Waals surface area contributed by atoms with Crippen LogP contribution in [0.3, 0.4) is 0 Å². The summed E-state index contributed by atoms with van der Waals surface area (Å²) in [5, 5.41) is 12.2. The third-order valence-corrected chi connectivity index (χ3v) is 3.94. The number of aliphatic hydroxyl groups is 1. The van der Waals surface area contributed by atoms with E-state index in [4.69, 9.17) is 14.6 Å². The minimum atomic E-state index is -0.579. The molecule has 2 fully saturated rings. The summed E-state index contributed by atoms with van der Waals surface area (Å²) in [5.74, 6) is 0.0728. The number of anilines is 1. The highest BCUT2D eigenvalue weighted by Crippen LogP contribution is 2.27. The molecule has 2 aliphatic rings. The van der Waals surface area contributed by atoms with E-state index in [1.807, 2.05) is 0 Å². The van der Waals surface area contributed by atoms with Crippen molar-refractivity contribution in [2.24, 2.45) is 5.92 Å². The Kier molecular flexibility index (Phi) is 4.44. The minimum Gasteiger partial charge on any atom is -0.490 e. The Balaban J connectivity index is 1.65. The average Bonchev–Trinajstić information content (AvgIpc) is 3.15. The lowest BCUT2D eigenvalue weighted by Gasteiger charge is -2.15. The zero-order valence-electron chi connectivity index (χ0n) is 12.1. The second-order valence-electron chi connectivity index (χ2n) is 5.58. The summed E-state index contributed by atoms with van der Waals surface area (Å²) in [5.41, 5.74) is 0.397. The average molecular weight is 310 g/mol. The fourth-order valence-electron chi connectivity index (χ4n) is 2.67. The van der Waals surface area contributed by atoms with Gasteiger partial charge in [-0.2, -0.15) is 0 Å². The molecule has 1 amide bonds. The van der Waals surface area contributed by atoms with Crippen LogP contribution in [0.25, 0.3) is 0 Å². The fourth-order valence-corrected chi connectivity index (χ4v) is 2.67. The number of cyclic esters (lactones) is 1. The first kappa shape index (κ1) is 15.1. The van der Waals surface area contributed by atoms with Crippen molar-refractivity contribution in [1.29, 1.82) is 0 Å². The zero-order chi connectivity index (χ0) is 15.5. The highest BCUT2D eigenvalue weighted by atomic mass is 19.1. The van der Waals surface area contributed by atoms with Crippen LogP contribution in [-0.4, -0.2) is 50.2 Å². The molecular weight excluding hydrogens is 291 g/mol. The summed E-state index contributed by atoms with van der Waals surface area (Å²) in [6.45, 7) is 2.30. The largest absolute Gasteiger partial charge is 0.490 e. The van der Waals surface area contributed by atoms with Gasteiger partial charge < -0.3 is 19.9 Å². The van der Waals surface area contributed by atoms with Gasteiger partial charge in [-0.3, -0.25) is 4.90 Å². The van der Waals surface area contributed by atoms with Crippen molar-refractivity contribution in [3.8, 4) is 5.75 Å². The number of carbonyl (C=O) groups is 1. The number of aliphatic hydroxyl groups excluding tert-OH is 1. The Labute approximate surface area is 127 Å². The highest BCUT2D eigenvalue weighted by Gasteiger charge is 2.32. The third-order valence-electron chi connectivity index (χ3n) is 3.94. The second kappa shape index (κ2) is 6.50. The van der Waals surface area contributed by atoms with E-state index < -0.39 is 18.0 Å². The van der Waals surface area contributed by atoms with Crippen LogP contribution in [-0.2, 0) is 4.74 Å². The van der Waals surface area contributed by atoms with Gasteiger partial charge in [-0.1, -0.05) is 0 Å². The maximum atomic E-state index is 14.1. The molecule has 0 bridgehead atoms. The molecule has 2 saturated heterocycles. The van der Waals surface area contributed by atoms with E-state index in [0.29, 0.717) is 18.2 Å². The molecule has 3 rings (SSSR count). The monoisotopic (exact) mass is 310 g/mol. The first-order valence-electron chi connectivity index (χ1n) is 7.39. The maximum Gasteiger partial charge on any atom is 0.414 e. The Bertz CT molecular complexity index is 548. The SMILES string of the molecule is O=C1O[C@@H](CO)CN1c1ccc(OCC2CCNC2)c(F)c1. The molecule has 1 aromatic rings. The van der Waals surface area contributed by atoms with Gasteiger partial charge in [0.05, 0.1) is 25.4 Å². The normalized spacial score (nSPS) is 24.6. The van der Waals surface area contributed by atoms with Crippen LogP contribution in [0.4, 0.5) is 14.9 Å². The predicted octanol–water partition coefficient (Wildman–Crippen LogP) is 1.13. The van der Waals surface area contributed by atoms with E-state index in [1.54, 1.807) is 6.07 Å². The molecule has 22 heavy (non-hydrogen) atoms. The number of nitrogens with one attached hydrogen (secondary N) is 1. The van der Waals surface area contributed by atoms with Crippen molar-refractivity contribution in [2.75, 3.05) is 37.7 Å². The van der Waals surface area contributed by atoms with Crippen LogP contribution in [0.1, 0.15) is 6.42 Å². The van der Waals surface area contributed by atoms with Crippen LogP contribution in [0.2, 0.25) is 0 Å². The molecule has 120 valence electrons. The molecule has 6 nitrogen and oxygen atoms in total. The van der Waals surface area contributed by atoms with Gasteiger partial charge in [-0.05, 0) is 25.1 Å². The molecule has 2 heterocycles. The maximum absolute atomic E-state index is 14.1. The van der Waals surface area contributed by atoms with Crippen molar-refractivity contribution < 1.29 is 23.8 Å². The number of hydrogen-bond acceptors (Lipinski definition) is 5. The number of ether oxygens (including phenoxy) is 2. The first-order chi connectivity index (χ1) is 10.7. The van der Waals surface area contributed by atoms with Gasteiger partial charge in [-0.15, -0.1) is 0 Å². The van der Waals surface area contributed by atoms with Crippen molar-refractivity contribution in [1.82, 2.24) is 5.32 Å². The number of benzene rings is 1.